The number of nitrogens with one attached hydrogen (secondary N) is 1. The topological polar surface area (TPSA) is 44.7 Å². The lowest BCUT2D eigenvalue weighted by molar-refractivity contribution is 0.174. The van der Waals surface area contributed by atoms with Crippen molar-refractivity contribution in [1.82, 2.24) is 5.32 Å². The number of nitrogens with zero attached hydrogens (tertiary/aromatic N) is 1. The summed E-state index contributed by atoms with van der Waals surface area (Å²) in [6.45, 7) is 5.38. The molecule has 0 saturated carbocycles. The number of hydrogen-bond donors (Lipinski definition) is 2. The molecule has 5 rings (SSSR count). The largest absolute Gasteiger partial charge is 0.497 e. The van der Waals surface area contributed by atoms with Crippen LogP contribution in [0.5, 0.6) is 5.75 Å². The van der Waals surface area contributed by atoms with Crippen LogP contribution in [0, 0.1) is 0 Å². The highest BCUT2D eigenvalue weighted by molar-refractivity contribution is 7.99. The van der Waals surface area contributed by atoms with Crippen LogP contribution in [-0.2, 0) is 0 Å². The zero-order chi connectivity index (χ0) is 20.0. The Bertz CT molecular complexity index is 916. The second-order valence-corrected chi connectivity index (χ2v) is 9.49. The molecule has 29 heavy (non-hydrogen) atoms. The van der Waals surface area contributed by atoms with Crippen molar-refractivity contribution in [1.29, 1.82) is 0 Å². The molecule has 5 heteroatoms. The molecule has 1 saturated heterocycles. The SMILES string of the molecule is CCC(O)c1cc(OC)ccc1-c1cc2c3c(c1)[C@@H]1CNCC[C@@H]1N3CCCS2. The van der Waals surface area contributed by atoms with Crippen molar-refractivity contribution in [3.8, 4) is 16.9 Å². The van der Waals surface area contributed by atoms with Crippen molar-refractivity contribution < 1.29 is 9.84 Å². The van der Waals surface area contributed by atoms with E-state index in [1.165, 1.54) is 46.8 Å². The highest BCUT2D eigenvalue weighted by atomic mass is 32.2. The summed E-state index contributed by atoms with van der Waals surface area (Å²) in [4.78, 5) is 4.12. The monoisotopic (exact) mass is 410 g/mol. The molecule has 2 aromatic carbocycles. The molecule has 0 aliphatic carbocycles. The van der Waals surface area contributed by atoms with Crippen molar-refractivity contribution >= 4 is 17.4 Å². The van der Waals surface area contributed by atoms with Crippen LogP contribution in [0.25, 0.3) is 11.1 Å². The standard InChI is InChI=1S/C24H30N2O2S/c1-3-22(27)18-13-16(28-2)5-6-17(18)15-11-19-20-14-25-8-7-21(20)26-9-4-10-29-23(12-15)24(19)26/h5-6,11-13,20-22,25,27H,3-4,7-10,14H2,1-2H3/t20-,21-,22?/m0/s1. The van der Waals surface area contributed by atoms with Gasteiger partial charge in [0.25, 0.3) is 0 Å². The zero-order valence-electron chi connectivity index (χ0n) is 17.3. The van der Waals surface area contributed by atoms with E-state index in [1.54, 1.807) is 7.11 Å². The van der Waals surface area contributed by atoms with Crippen LogP contribution in [0.3, 0.4) is 0 Å². The van der Waals surface area contributed by atoms with Crippen molar-refractivity contribution in [2.45, 2.75) is 49.1 Å². The first-order valence-electron chi connectivity index (χ1n) is 10.9. The van der Waals surface area contributed by atoms with Gasteiger partial charge in [-0.25, -0.2) is 0 Å². The Morgan fingerprint density at radius 2 is 2.21 bits per heavy atom. The maximum absolute atomic E-state index is 10.7. The van der Waals surface area contributed by atoms with E-state index in [9.17, 15) is 5.11 Å². The minimum Gasteiger partial charge on any atom is -0.497 e. The molecule has 0 amide bonds. The van der Waals surface area contributed by atoms with Gasteiger partial charge >= 0.3 is 0 Å². The Balaban J connectivity index is 1.67. The summed E-state index contributed by atoms with van der Waals surface area (Å²) in [7, 11) is 1.68. The molecule has 3 aliphatic heterocycles. The van der Waals surface area contributed by atoms with E-state index in [0.29, 0.717) is 18.4 Å². The number of ether oxygens (including phenoxy) is 1. The minimum absolute atomic E-state index is 0.485. The van der Waals surface area contributed by atoms with Gasteiger partial charge < -0.3 is 20.1 Å². The maximum atomic E-state index is 10.7. The summed E-state index contributed by atoms with van der Waals surface area (Å²) >= 11 is 2.00. The lowest BCUT2D eigenvalue weighted by Gasteiger charge is -2.33. The lowest BCUT2D eigenvalue weighted by Crippen LogP contribution is -2.44. The molecule has 2 N–H and O–H groups in total. The third kappa shape index (κ3) is 3.24. The molecule has 3 heterocycles. The van der Waals surface area contributed by atoms with Gasteiger partial charge in [0.05, 0.1) is 18.9 Å². The Hall–Kier alpha value is -1.69. The molecule has 154 valence electrons. The summed E-state index contributed by atoms with van der Waals surface area (Å²) in [6.07, 6.45) is 2.67. The van der Waals surface area contributed by atoms with Gasteiger partial charge in [0.1, 0.15) is 5.75 Å². The molecule has 1 unspecified atom stereocenters. The molecule has 0 aromatic heterocycles. The van der Waals surface area contributed by atoms with Gasteiger partial charge in [0, 0.05) is 29.9 Å². The van der Waals surface area contributed by atoms with Crippen molar-refractivity contribution in [2.24, 2.45) is 0 Å². The van der Waals surface area contributed by atoms with Crippen LogP contribution in [0.2, 0.25) is 0 Å². The average Bonchev–Trinajstić information content (AvgIpc) is 2.93. The third-order valence-corrected chi connectivity index (χ3v) is 7.87. The Labute approximate surface area is 177 Å². The van der Waals surface area contributed by atoms with E-state index >= 15 is 0 Å². The number of anilines is 1. The van der Waals surface area contributed by atoms with Crippen LogP contribution in [0.4, 0.5) is 5.69 Å². The number of aliphatic hydroxyl groups excluding tert-OH is 1. The van der Waals surface area contributed by atoms with Crippen LogP contribution in [0.1, 0.15) is 49.3 Å². The first-order chi connectivity index (χ1) is 14.2. The van der Waals surface area contributed by atoms with E-state index in [0.717, 1.165) is 30.0 Å². The molecule has 2 aromatic rings. The molecule has 3 aliphatic rings. The third-order valence-electron chi connectivity index (χ3n) is 6.75. The number of rotatable bonds is 4. The van der Waals surface area contributed by atoms with Gasteiger partial charge in [-0.2, -0.15) is 0 Å². The first-order valence-corrected chi connectivity index (χ1v) is 11.8. The number of aliphatic hydroxyl groups is 1. The highest BCUT2D eigenvalue weighted by Crippen LogP contribution is 2.51. The molecule has 1 fully saturated rings. The van der Waals surface area contributed by atoms with Crippen molar-refractivity contribution in [2.75, 3.05) is 37.4 Å². The van der Waals surface area contributed by atoms with Crippen molar-refractivity contribution in [3.63, 3.8) is 0 Å². The van der Waals surface area contributed by atoms with Gasteiger partial charge in [-0.3, -0.25) is 0 Å². The van der Waals surface area contributed by atoms with Gasteiger partial charge in [-0.05, 0) is 78.1 Å². The van der Waals surface area contributed by atoms with E-state index in [1.807, 2.05) is 30.8 Å². The predicted molar refractivity (Wildman–Crippen MR) is 120 cm³/mol. The van der Waals surface area contributed by atoms with E-state index in [4.69, 9.17) is 4.74 Å². The van der Waals surface area contributed by atoms with Crippen molar-refractivity contribution in [3.05, 3.63) is 41.5 Å². The van der Waals surface area contributed by atoms with E-state index in [-0.39, 0.29) is 0 Å². The fourth-order valence-corrected chi connectivity index (χ4v) is 6.38. The fourth-order valence-electron chi connectivity index (χ4n) is 5.31. The molecule has 0 bridgehead atoms. The maximum Gasteiger partial charge on any atom is 0.119 e. The van der Waals surface area contributed by atoms with E-state index < -0.39 is 6.10 Å². The number of piperidine rings is 1. The Kier molecular flexibility index (Phi) is 5.23. The quantitative estimate of drug-likeness (QED) is 0.773. The van der Waals surface area contributed by atoms with Crippen LogP contribution >= 0.6 is 11.8 Å². The summed E-state index contributed by atoms with van der Waals surface area (Å²) in [5, 5.41) is 14.3. The molecule has 4 nitrogen and oxygen atoms in total. The van der Waals surface area contributed by atoms with Gasteiger partial charge in [-0.15, -0.1) is 11.8 Å². The van der Waals surface area contributed by atoms with Gasteiger partial charge in [0.15, 0.2) is 0 Å². The number of methoxy groups -OCH3 is 1. The molecule has 0 spiro atoms. The summed E-state index contributed by atoms with van der Waals surface area (Å²) in [5.41, 5.74) is 6.30. The van der Waals surface area contributed by atoms with Crippen LogP contribution < -0.4 is 15.0 Å². The van der Waals surface area contributed by atoms with Crippen LogP contribution in [0.15, 0.2) is 35.2 Å². The zero-order valence-corrected chi connectivity index (χ0v) is 18.1. The average molecular weight is 411 g/mol. The number of fused-ring (bicyclic) bond motifs is 3. The molecule has 0 radical (unpaired) electrons. The number of hydrogen-bond acceptors (Lipinski definition) is 5. The number of benzene rings is 2. The molecule has 3 atom stereocenters. The number of thioether (sulfide) groups is 1. The van der Waals surface area contributed by atoms with Gasteiger partial charge in [-0.1, -0.05) is 13.0 Å². The van der Waals surface area contributed by atoms with Gasteiger partial charge in [0.2, 0.25) is 0 Å². The van der Waals surface area contributed by atoms with E-state index in [2.05, 4.69) is 28.4 Å². The lowest BCUT2D eigenvalue weighted by atomic mass is 9.87. The summed E-state index contributed by atoms with van der Waals surface area (Å²) in [5.74, 6) is 2.54. The minimum atomic E-state index is -0.485. The normalized spacial score (nSPS) is 23.9. The fraction of sp³-hybridized carbons (Fsp3) is 0.500. The second-order valence-electron chi connectivity index (χ2n) is 8.35. The smallest absolute Gasteiger partial charge is 0.119 e. The predicted octanol–water partition coefficient (Wildman–Crippen LogP) is 4.57. The Morgan fingerprint density at radius 3 is 3.03 bits per heavy atom. The summed E-state index contributed by atoms with van der Waals surface area (Å²) < 4.78 is 5.44. The van der Waals surface area contributed by atoms with Crippen LogP contribution in [-0.4, -0.2) is 43.6 Å². The Morgan fingerprint density at radius 1 is 1.31 bits per heavy atom. The molecular weight excluding hydrogens is 380 g/mol. The highest BCUT2D eigenvalue weighted by Gasteiger charge is 2.42. The second kappa shape index (κ2) is 7.86. The first kappa shape index (κ1) is 19.3. The molecular formula is C24H30N2O2S. The summed E-state index contributed by atoms with van der Waals surface area (Å²) in [6, 6.07) is 11.5.